The Morgan fingerprint density at radius 1 is 1.07 bits per heavy atom. The van der Waals surface area contributed by atoms with E-state index in [0.29, 0.717) is 6.04 Å². The van der Waals surface area contributed by atoms with Gasteiger partial charge in [0.05, 0.1) is 0 Å². The molecule has 0 bridgehead atoms. The van der Waals surface area contributed by atoms with Gasteiger partial charge in [0, 0.05) is 62.9 Å². The number of hydrogen-bond donors (Lipinski definition) is 2. The number of fused-ring (bicyclic) bond motifs is 2. The highest BCUT2D eigenvalue weighted by atomic mass is 15.2. The maximum Gasteiger partial charge on any atom is 0.0435 e. The third-order valence-electron chi connectivity index (χ3n) is 6.72. The molecule has 0 saturated carbocycles. The van der Waals surface area contributed by atoms with Crippen molar-refractivity contribution < 1.29 is 0 Å². The lowest BCUT2D eigenvalue weighted by Gasteiger charge is -2.38. The average molecular weight is 408 g/mol. The molecular weight excluding hydrogens is 370 g/mol. The summed E-state index contributed by atoms with van der Waals surface area (Å²) in [4.78, 5) is 9.34. The van der Waals surface area contributed by atoms with Crippen molar-refractivity contribution in [1.29, 1.82) is 0 Å². The van der Waals surface area contributed by atoms with Gasteiger partial charge >= 0.3 is 0 Å². The van der Waals surface area contributed by atoms with Crippen molar-refractivity contribution in [3.8, 4) is 0 Å². The molecule has 30 heavy (non-hydrogen) atoms. The molecule has 0 amide bonds. The van der Waals surface area contributed by atoms with Gasteiger partial charge in [0.2, 0.25) is 0 Å². The SMILES string of the molecule is CNCC1Cc2c(cccc2N2CCNCC2)CN1C.c1cnc2c(c1)CCCC2. The molecule has 1 atom stereocenters. The first-order valence-electron chi connectivity index (χ1n) is 11.6. The number of piperazine rings is 1. The van der Waals surface area contributed by atoms with Gasteiger partial charge in [0.15, 0.2) is 0 Å². The normalized spacial score (nSPS) is 21.3. The van der Waals surface area contributed by atoms with Crippen LogP contribution < -0.4 is 15.5 Å². The molecule has 0 radical (unpaired) electrons. The lowest BCUT2D eigenvalue weighted by molar-refractivity contribution is 0.213. The molecule has 1 aromatic heterocycles. The summed E-state index contributed by atoms with van der Waals surface area (Å²) >= 11 is 0. The molecule has 5 nitrogen and oxygen atoms in total. The van der Waals surface area contributed by atoms with Gasteiger partial charge in [-0.15, -0.1) is 0 Å². The lowest BCUT2D eigenvalue weighted by Crippen LogP contribution is -2.46. The molecule has 3 heterocycles. The quantitative estimate of drug-likeness (QED) is 0.819. The summed E-state index contributed by atoms with van der Waals surface area (Å²) in [6, 6.07) is 11.7. The van der Waals surface area contributed by atoms with Gasteiger partial charge in [0.25, 0.3) is 0 Å². The summed E-state index contributed by atoms with van der Waals surface area (Å²) in [5, 5.41) is 6.77. The van der Waals surface area contributed by atoms with E-state index >= 15 is 0 Å². The second-order valence-corrected chi connectivity index (χ2v) is 8.80. The number of rotatable bonds is 3. The summed E-state index contributed by atoms with van der Waals surface area (Å²) in [5.41, 5.74) is 7.35. The lowest BCUT2D eigenvalue weighted by atomic mass is 9.92. The van der Waals surface area contributed by atoms with Crippen LogP contribution in [0.3, 0.4) is 0 Å². The highest BCUT2D eigenvalue weighted by Gasteiger charge is 2.26. The molecule has 3 aliphatic rings. The van der Waals surface area contributed by atoms with Gasteiger partial charge in [0.1, 0.15) is 0 Å². The molecule has 1 unspecified atom stereocenters. The minimum absolute atomic E-state index is 0.608. The number of nitrogens with zero attached hydrogens (tertiary/aromatic N) is 3. The second kappa shape index (κ2) is 10.4. The number of hydrogen-bond acceptors (Lipinski definition) is 5. The minimum Gasteiger partial charge on any atom is -0.369 e. The Morgan fingerprint density at radius 2 is 1.87 bits per heavy atom. The van der Waals surface area contributed by atoms with Crippen molar-refractivity contribution in [2.75, 3.05) is 51.7 Å². The van der Waals surface area contributed by atoms with E-state index in [1.54, 1.807) is 5.56 Å². The maximum atomic E-state index is 4.32. The van der Waals surface area contributed by atoms with Gasteiger partial charge in [-0.1, -0.05) is 18.2 Å². The van der Waals surface area contributed by atoms with Gasteiger partial charge in [-0.3, -0.25) is 9.88 Å². The zero-order valence-corrected chi connectivity index (χ0v) is 18.7. The van der Waals surface area contributed by atoms with Crippen molar-refractivity contribution in [3.63, 3.8) is 0 Å². The first-order chi connectivity index (χ1) is 14.8. The Bertz CT molecular complexity index is 790. The summed E-state index contributed by atoms with van der Waals surface area (Å²) in [6.45, 7) is 6.59. The smallest absolute Gasteiger partial charge is 0.0435 e. The number of nitrogens with one attached hydrogen (secondary N) is 2. The van der Waals surface area contributed by atoms with Crippen LogP contribution in [0.15, 0.2) is 36.5 Å². The summed E-state index contributed by atoms with van der Waals surface area (Å²) in [6.07, 6.45) is 8.15. The molecule has 5 rings (SSSR count). The van der Waals surface area contributed by atoms with E-state index in [2.05, 4.69) is 56.7 Å². The van der Waals surface area contributed by atoms with E-state index < -0.39 is 0 Å². The van der Waals surface area contributed by atoms with Gasteiger partial charge in [-0.25, -0.2) is 0 Å². The molecule has 0 spiro atoms. The first-order valence-corrected chi connectivity index (χ1v) is 11.6. The van der Waals surface area contributed by atoms with Crippen LogP contribution in [0.2, 0.25) is 0 Å². The molecule has 5 heteroatoms. The Morgan fingerprint density at radius 3 is 2.67 bits per heavy atom. The third-order valence-corrected chi connectivity index (χ3v) is 6.72. The summed E-state index contributed by atoms with van der Waals surface area (Å²) < 4.78 is 0. The number of pyridine rings is 1. The van der Waals surface area contributed by atoms with E-state index in [4.69, 9.17) is 0 Å². The number of aromatic nitrogens is 1. The Labute approximate surface area is 181 Å². The minimum atomic E-state index is 0.608. The first kappa shape index (κ1) is 21.3. The zero-order chi connectivity index (χ0) is 20.8. The Kier molecular flexibility index (Phi) is 7.37. The zero-order valence-electron chi connectivity index (χ0n) is 18.7. The summed E-state index contributed by atoms with van der Waals surface area (Å²) in [5.74, 6) is 0. The molecule has 1 fully saturated rings. The fourth-order valence-electron chi connectivity index (χ4n) is 4.99. The van der Waals surface area contributed by atoms with Crippen LogP contribution in [-0.2, 0) is 25.8 Å². The van der Waals surface area contributed by atoms with Crippen LogP contribution in [0.25, 0.3) is 0 Å². The van der Waals surface area contributed by atoms with Crippen molar-refractivity contribution >= 4 is 5.69 Å². The second-order valence-electron chi connectivity index (χ2n) is 8.80. The predicted octanol–water partition coefficient (Wildman–Crippen LogP) is 2.63. The monoisotopic (exact) mass is 407 g/mol. The fourth-order valence-corrected chi connectivity index (χ4v) is 4.99. The standard InChI is InChI=1S/C16H26N4.C9H11N/c1-17-11-14-10-15-13(12-19(14)2)4-3-5-16(15)20-8-6-18-7-9-20;1-2-6-9-8(4-1)5-3-7-10-9/h3-5,14,17-18H,6-12H2,1-2H3;3,5,7H,1-2,4,6H2. The number of likely N-dealkylation sites (N-methyl/N-ethyl adjacent to an activating group) is 2. The van der Waals surface area contributed by atoms with Gasteiger partial charge < -0.3 is 15.5 Å². The average Bonchev–Trinajstić information content (AvgIpc) is 2.80. The van der Waals surface area contributed by atoms with Crippen LogP contribution >= 0.6 is 0 Å². The van der Waals surface area contributed by atoms with E-state index in [9.17, 15) is 0 Å². The Balaban J connectivity index is 0.000000181. The van der Waals surface area contributed by atoms with Crippen LogP contribution in [0.1, 0.15) is 35.2 Å². The molecule has 2 N–H and O–H groups in total. The van der Waals surface area contributed by atoms with E-state index in [0.717, 1.165) is 45.7 Å². The highest BCUT2D eigenvalue weighted by Crippen LogP contribution is 2.31. The molecule has 2 aromatic rings. The molecule has 1 saturated heterocycles. The molecule has 2 aliphatic heterocycles. The van der Waals surface area contributed by atoms with Crippen molar-refractivity contribution in [1.82, 2.24) is 20.5 Å². The van der Waals surface area contributed by atoms with Crippen molar-refractivity contribution in [3.05, 3.63) is 58.9 Å². The highest BCUT2D eigenvalue weighted by molar-refractivity contribution is 5.58. The number of benzene rings is 1. The third kappa shape index (κ3) is 5.02. The van der Waals surface area contributed by atoms with Gasteiger partial charge in [-0.2, -0.15) is 0 Å². The molecule has 162 valence electrons. The van der Waals surface area contributed by atoms with E-state index in [1.165, 1.54) is 48.2 Å². The molecule has 1 aliphatic carbocycles. The predicted molar refractivity (Wildman–Crippen MR) is 125 cm³/mol. The number of anilines is 1. The Hall–Kier alpha value is -1.95. The van der Waals surface area contributed by atoms with Crippen LogP contribution in [-0.4, -0.2) is 62.7 Å². The molecule has 1 aromatic carbocycles. The topological polar surface area (TPSA) is 43.4 Å². The van der Waals surface area contributed by atoms with Gasteiger partial charge in [-0.05, 0) is 75.0 Å². The maximum absolute atomic E-state index is 4.32. The van der Waals surface area contributed by atoms with Crippen molar-refractivity contribution in [2.24, 2.45) is 0 Å². The van der Waals surface area contributed by atoms with Crippen LogP contribution in [0.5, 0.6) is 0 Å². The van der Waals surface area contributed by atoms with Crippen LogP contribution in [0.4, 0.5) is 5.69 Å². The fraction of sp³-hybridized carbons (Fsp3) is 0.560. The van der Waals surface area contributed by atoms with Crippen molar-refractivity contribution in [2.45, 2.75) is 44.7 Å². The summed E-state index contributed by atoms with van der Waals surface area (Å²) in [7, 11) is 4.29. The number of aryl methyl sites for hydroxylation is 2. The molecular formula is C25H37N5. The van der Waals surface area contributed by atoms with Crippen LogP contribution in [0, 0.1) is 0 Å². The van der Waals surface area contributed by atoms with E-state index in [-0.39, 0.29) is 0 Å². The largest absolute Gasteiger partial charge is 0.369 e. The van der Waals surface area contributed by atoms with E-state index in [1.807, 2.05) is 19.3 Å².